The predicted molar refractivity (Wildman–Crippen MR) is 85.7 cm³/mol. The Morgan fingerprint density at radius 1 is 1.26 bits per heavy atom. The lowest BCUT2D eigenvalue weighted by Crippen LogP contribution is -2.34. The van der Waals surface area contributed by atoms with E-state index in [0.29, 0.717) is 18.1 Å². The van der Waals surface area contributed by atoms with Crippen molar-refractivity contribution in [3.05, 3.63) is 34.6 Å². The topological polar surface area (TPSA) is 85.2 Å². The minimum Gasteiger partial charge on any atom is -0.323 e. The minimum atomic E-state index is -4.04. The van der Waals surface area contributed by atoms with Gasteiger partial charge in [-0.15, -0.1) is 5.10 Å². The molecule has 124 valence electrons. The molecule has 0 N–H and O–H groups in total. The van der Waals surface area contributed by atoms with Crippen molar-refractivity contribution in [1.29, 1.82) is 0 Å². The normalized spacial score (nSPS) is 11.5. The van der Waals surface area contributed by atoms with Crippen LogP contribution in [0.5, 0.6) is 0 Å². The standard InChI is InChI=1S/C13H14Cl2N4O3S/c1-3-18(4-2)13(20)19-8-10(15)12(17-19)23(21,22)11-6-5-9(14)7-16-11/h5-8H,3-4H2,1-2H3. The van der Waals surface area contributed by atoms with Crippen LogP contribution in [0.25, 0.3) is 0 Å². The largest absolute Gasteiger partial charge is 0.344 e. The van der Waals surface area contributed by atoms with Crippen LogP contribution in [-0.2, 0) is 9.84 Å². The van der Waals surface area contributed by atoms with Gasteiger partial charge in [0.15, 0.2) is 5.03 Å². The molecule has 23 heavy (non-hydrogen) atoms. The Morgan fingerprint density at radius 3 is 2.43 bits per heavy atom. The van der Waals surface area contributed by atoms with E-state index in [1.54, 1.807) is 0 Å². The van der Waals surface area contributed by atoms with Gasteiger partial charge in [0.05, 0.1) is 16.2 Å². The molecule has 2 aromatic rings. The highest BCUT2D eigenvalue weighted by Gasteiger charge is 2.28. The van der Waals surface area contributed by atoms with Gasteiger partial charge in [-0.2, -0.15) is 4.68 Å². The molecule has 0 aliphatic carbocycles. The number of hydrogen-bond donors (Lipinski definition) is 0. The molecule has 0 saturated carbocycles. The first-order valence-corrected chi connectivity index (χ1v) is 8.96. The van der Waals surface area contributed by atoms with Crippen molar-refractivity contribution >= 4 is 39.1 Å². The molecule has 0 radical (unpaired) electrons. The summed E-state index contributed by atoms with van der Waals surface area (Å²) in [6.07, 6.45) is 2.38. The van der Waals surface area contributed by atoms with Gasteiger partial charge in [-0.25, -0.2) is 18.2 Å². The summed E-state index contributed by atoms with van der Waals surface area (Å²) in [5, 5.41) is 3.31. The van der Waals surface area contributed by atoms with Gasteiger partial charge >= 0.3 is 6.03 Å². The Hall–Kier alpha value is -1.64. The van der Waals surface area contributed by atoms with E-state index < -0.39 is 20.9 Å². The fourth-order valence-corrected chi connectivity index (χ4v) is 3.56. The number of carbonyl (C=O) groups is 1. The summed E-state index contributed by atoms with van der Waals surface area (Å²) < 4.78 is 26.0. The number of pyridine rings is 1. The smallest absolute Gasteiger partial charge is 0.323 e. The maximum absolute atomic E-state index is 12.5. The average molecular weight is 377 g/mol. The van der Waals surface area contributed by atoms with Crippen LogP contribution in [0.2, 0.25) is 10.0 Å². The number of hydrogen-bond acceptors (Lipinski definition) is 5. The third-order valence-corrected chi connectivity index (χ3v) is 5.31. The molecule has 0 aliphatic rings. The first-order valence-electron chi connectivity index (χ1n) is 6.72. The molecule has 0 aliphatic heterocycles. The van der Waals surface area contributed by atoms with E-state index in [4.69, 9.17) is 23.2 Å². The Balaban J connectivity index is 2.45. The van der Waals surface area contributed by atoms with Gasteiger partial charge in [-0.1, -0.05) is 23.2 Å². The van der Waals surface area contributed by atoms with Crippen molar-refractivity contribution in [3.8, 4) is 0 Å². The van der Waals surface area contributed by atoms with Gasteiger partial charge in [0.25, 0.3) is 0 Å². The van der Waals surface area contributed by atoms with Crippen molar-refractivity contribution in [2.75, 3.05) is 13.1 Å². The first kappa shape index (κ1) is 17.7. The minimum absolute atomic E-state index is 0.151. The van der Waals surface area contributed by atoms with E-state index in [-0.39, 0.29) is 10.0 Å². The van der Waals surface area contributed by atoms with Crippen molar-refractivity contribution < 1.29 is 13.2 Å². The molecule has 0 unspecified atom stereocenters. The summed E-state index contributed by atoms with van der Waals surface area (Å²) in [5.41, 5.74) is 0. The van der Waals surface area contributed by atoms with Crippen LogP contribution in [-0.4, -0.2) is 47.2 Å². The number of nitrogens with zero attached hydrogens (tertiary/aromatic N) is 4. The van der Waals surface area contributed by atoms with Crippen molar-refractivity contribution in [3.63, 3.8) is 0 Å². The van der Waals surface area contributed by atoms with Crippen LogP contribution in [0, 0.1) is 0 Å². The fraction of sp³-hybridized carbons (Fsp3) is 0.308. The van der Waals surface area contributed by atoms with Crippen LogP contribution >= 0.6 is 23.2 Å². The lowest BCUT2D eigenvalue weighted by Gasteiger charge is -2.17. The molecule has 2 rings (SSSR count). The van der Waals surface area contributed by atoms with Gasteiger partial charge in [-0.05, 0) is 26.0 Å². The van der Waals surface area contributed by atoms with Crippen molar-refractivity contribution in [2.45, 2.75) is 23.9 Å². The summed E-state index contributed by atoms with van der Waals surface area (Å²) in [6, 6.07) is 2.19. The van der Waals surface area contributed by atoms with Crippen molar-refractivity contribution in [2.24, 2.45) is 0 Å². The Kier molecular flexibility index (Phi) is 5.28. The predicted octanol–water partition coefficient (Wildman–Crippen LogP) is 2.73. The van der Waals surface area contributed by atoms with Crippen molar-refractivity contribution in [1.82, 2.24) is 19.7 Å². The maximum Gasteiger partial charge on any atom is 0.344 e. The number of rotatable bonds is 4. The van der Waals surface area contributed by atoms with Crippen LogP contribution in [0.4, 0.5) is 4.79 Å². The summed E-state index contributed by atoms with van der Waals surface area (Å²) in [6.45, 7) is 4.55. The van der Waals surface area contributed by atoms with Crippen LogP contribution in [0.3, 0.4) is 0 Å². The molecule has 1 amide bonds. The molecule has 0 fully saturated rings. The van der Waals surface area contributed by atoms with Crippen LogP contribution < -0.4 is 0 Å². The summed E-state index contributed by atoms with van der Waals surface area (Å²) in [4.78, 5) is 17.5. The molecule has 2 aromatic heterocycles. The van der Waals surface area contributed by atoms with Gasteiger partial charge in [-0.3, -0.25) is 0 Å². The Bertz CT molecular complexity index is 814. The highest BCUT2D eigenvalue weighted by molar-refractivity contribution is 7.91. The maximum atomic E-state index is 12.5. The van der Waals surface area contributed by atoms with E-state index in [1.165, 1.54) is 29.4 Å². The molecule has 0 atom stereocenters. The number of aromatic nitrogens is 3. The van der Waals surface area contributed by atoms with E-state index in [2.05, 4.69) is 10.1 Å². The van der Waals surface area contributed by atoms with Gasteiger partial charge < -0.3 is 4.90 Å². The highest BCUT2D eigenvalue weighted by atomic mass is 35.5. The van der Waals surface area contributed by atoms with Gasteiger partial charge in [0.1, 0.15) is 0 Å². The lowest BCUT2D eigenvalue weighted by molar-refractivity contribution is 0.201. The average Bonchev–Trinajstić information content (AvgIpc) is 2.91. The number of halogens is 2. The van der Waals surface area contributed by atoms with E-state index in [9.17, 15) is 13.2 Å². The number of sulfone groups is 1. The Labute approximate surface area is 143 Å². The molecule has 10 heteroatoms. The monoisotopic (exact) mass is 376 g/mol. The summed E-state index contributed by atoms with van der Waals surface area (Å²) >= 11 is 11.7. The SMILES string of the molecule is CCN(CC)C(=O)n1cc(Cl)c(S(=O)(=O)c2ccc(Cl)cn2)n1. The van der Waals surface area contributed by atoms with E-state index >= 15 is 0 Å². The summed E-state index contributed by atoms with van der Waals surface area (Å²) in [7, 11) is -4.04. The number of amides is 1. The second-order valence-corrected chi connectivity index (χ2v) is 7.16. The molecule has 0 saturated heterocycles. The second-order valence-electron chi connectivity index (χ2n) is 4.50. The quantitative estimate of drug-likeness (QED) is 0.818. The highest BCUT2D eigenvalue weighted by Crippen LogP contribution is 2.25. The zero-order valence-electron chi connectivity index (χ0n) is 12.4. The van der Waals surface area contributed by atoms with Gasteiger partial charge in [0, 0.05) is 19.3 Å². The molecular formula is C13H14Cl2N4O3S. The zero-order chi connectivity index (χ0) is 17.2. The van der Waals surface area contributed by atoms with E-state index in [1.807, 2.05) is 13.8 Å². The molecule has 0 spiro atoms. The molecule has 0 bridgehead atoms. The second kappa shape index (κ2) is 6.86. The summed E-state index contributed by atoms with van der Waals surface area (Å²) in [5.74, 6) is 0. The van der Waals surface area contributed by atoms with Gasteiger partial charge in [0.2, 0.25) is 14.9 Å². The van der Waals surface area contributed by atoms with Crippen LogP contribution in [0.1, 0.15) is 13.8 Å². The van der Waals surface area contributed by atoms with E-state index in [0.717, 1.165) is 4.68 Å². The molecule has 2 heterocycles. The molecule has 0 aromatic carbocycles. The zero-order valence-corrected chi connectivity index (χ0v) is 14.7. The number of carbonyl (C=O) groups excluding carboxylic acids is 1. The fourth-order valence-electron chi connectivity index (χ4n) is 1.88. The first-order chi connectivity index (χ1) is 10.8. The Morgan fingerprint density at radius 2 is 1.91 bits per heavy atom. The third-order valence-electron chi connectivity index (χ3n) is 3.10. The lowest BCUT2D eigenvalue weighted by atomic mass is 10.5. The van der Waals surface area contributed by atoms with Crippen LogP contribution in [0.15, 0.2) is 34.6 Å². The molecular weight excluding hydrogens is 363 g/mol. The molecule has 7 nitrogen and oxygen atoms in total. The third kappa shape index (κ3) is 3.49.